The molecule has 2 unspecified atom stereocenters. The van der Waals surface area contributed by atoms with Gasteiger partial charge in [-0.05, 0) is 33.3 Å². The van der Waals surface area contributed by atoms with E-state index < -0.39 is 23.8 Å². The molecule has 5 nitrogen and oxygen atoms in total. The highest BCUT2D eigenvalue weighted by atomic mass is 16.6. The van der Waals surface area contributed by atoms with Crippen molar-refractivity contribution in [3.8, 4) is 12.3 Å². The minimum Gasteiger partial charge on any atom is -0.444 e. The second-order valence-corrected chi connectivity index (χ2v) is 6.47. The standard InChI is InChI=1S/C19H25NO4/c1-6-10-16(21)17(20-18(22)24-19(3,4)5)14(2)23-13-15-11-8-7-9-12-15/h1,7-9,11-12,14,17H,10,13H2,2-5H3,(H,20,22). The molecule has 0 saturated carbocycles. The van der Waals surface area contributed by atoms with Gasteiger partial charge in [-0.15, -0.1) is 6.42 Å². The molecule has 1 amide bonds. The monoisotopic (exact) mass is 331 g/mol. The lowest BCUT2D eigenvalue weighted by Crippen LogP contribution is -2.49. The Balaban J connectivity index is 2.71. The van der Waals surface area contributed by atoms with E-state index in [1.54, 1.807) is 27.7 Å². The number of carbonyl (C=O) groups is 2. The minimum absolute atomic E-state index is 0.0838. The molecule has 0 aliphatic rings. The number of carbonyl (C=O) groups excluding carboxylic acids is 2. The lowest BCUT2D eigenvalue weighted by molar-refractivity contribution is -0.124. The summed E-state index contributed by atoms with van der Waals surface area (Å²) in [4.78, 5) is 24.2. The van der Waals surface area contributed by atoms with E-state index >= 15 is 0 Å². The summed E-state index contributed by atoms with van der Waals surface area (Å²) in [5.74, 6) is 2.01. The Morgan fingerprint density at radius 1 is 1.25 bits per heavy atom. The summed E-state index contributed by atoms with van der Waals surface area (Å²) >= 11 is 0. The van der Waals surface area contributed by atoms with E-state index in [0.29, 0.717) is 6.61 Å². The average molecular weight is 331 g/mol. The fourth-order valence-corrected chi connectivity index (χ4v) is 2.00. The highest BCUT2D eigenvalue weighted by Crippen LogP contribution is 2.11. The molecule has 0 saturated heterocycles. The zero-order chi connectivity index (χ0) is 18.2. The molecule has 1 N–H and O–H groups in total. The first kappa shape index (κ1) is 19.7. The average Bonchev–Trinajstić information content (AvgIpc) is 2.50. The molecule has 0 spiro atoms. The molecule has 0 radical (unpaired) electrons. The number of amides is 1. The number of hydrogen-bond donors (Lipinski definition) is 1. The smallest absolute Gasteiger partial charge is 0.408 e. The number of Topliss-reactive ketones (excluding diaryl/α,β-unsaturated/α-hetero) is 1. The van der Waals surface area contributed by atoms with Crippen molar-refractivity contribution >= 4 is 11.9 Å². The summed E-state index contributed by atoms with van der Waals surface area (Å²) in [5.41, 5.74) is 0.322. The van der Waals surface area contributed by atoms with E-state index in [2.05, 4.69) is 11.2 Å². The second-order valence-electron chi connectivity index (χ2n) is 6.47. The molecule has 0 aromatic heterocycles. The SMILES string of the molecule is C#CCC(=O)C(NC(=O)OC(C)(C)C)C(C)OCc1ccccc1. The van der Waals surface area contributed by atoms with Crippen LogP contribution < -0.4 is 5.32 Å². The molecule has 0 heterocycles. The van der Waals surface area contributed by atoms with Gasteiger partial charge < -0.3 is 14.8 Å². The van der Waals surface area contributed by atoms with Gasteiger partial charge in [0.15, 0.2) is 5.78 Å². The lowest BCUT2D eigenvalue weighted by atomic mass is 10.1. The highest BCUT2D eigenvalue weighted by Gasteiger charge is 2.29. The van der Waals surface area contributed by atoms with Crippen LogP contribution in [0.15, 0.2) is 30.3 Å². The topological polar surface area (TPSA) is 64.6 Å². The van der Waals surface area contributed by atoms with Crippen molar-refractivity contribution in [2.75, 3.05) is 0 Å². The summed E-state index contributed by atoms with van der Waals surface area (Å²) in [7, 11) is 0. The Labute approximate surface area is 143 Å². The van der Waals surface area contributed by atoms with Crippen LogP contribution in [0.4, 0.5) is 4.79 Å². The van der Waals surface area contributed by atoms with Crippen molar-refractivity contribution < 1.29 is 19.1 Å². The van der Waals surface area contributed by atoms with Crippen LogP contribution in [0.2, 0.25) is 0 Å². The van der Waals surface area contributed by atoms with Crippen molar-refractivity contribution in [1.82, 2.24) is 5.32 Å². The number of ether oxygens (including phenoxy) is 2. The molecule has 0 aliphatic carbocycles. The summed E-state index contributed by atoms with van der Waals surface area (Å²) in [6, 6.07) is 8.71. The van der Waals surface area contributed by atoms with Crippen molar-refractivity contribution in [2.45, 2.75) is 58.5 Å². The van der Waals surface area contributed by atoms with Gasteiger partial charge in [0.05, 0.1) is 19.1 Å². The van der Waals surface area contributed by atoms with Gasteiger partial charge in [-0.1, -0.05) is 36.3 Å². The van der Waals surface area contributed by atoms with Gasteiger partial charge in [-0.25, -0.2) is 4.79 Å². The van der Waals surface area contributed by atoms with Gasteiger partial charge in [0, 0.05) is 0 Å². The van der Waals surface area contributed by atoms with Crippen molar-refractivity contribution in [2.24, 2.45) is 0 Å². The van der Waals surface area contributed by atoms with Gasteiger partial charge in [0.25, 0.3) is 0 Å². The number of alkyl carbamates (subject to hydrolysis) is 1. The maximum atomic E-state index is 12.2. The third kappa shape index (κ3) is 7.30. The molecule has 5 heteroatoms. The zero-order valence-electron chi connectivity index (χ0n) is 14.7. The third-order valence-corrected chi connectivity index (χ3v) is 3.12. The predicted octanol–water partition coefficient (Wildman–Crippen LogP) is 3.08. The number of benzene rings is 1. The van der Waals surface area contributed by atoms with Crippen molar-refractivity contribution in [3.05, 3.63) is 35.9 Å². The molecular weight excluding hydrogens is 306 g/mol. The summed E-state index contributed by atoms with van der Waals surface area (Å²) in [6.45, 7) is 7.30. The first-order chi connectivity index (χ1) is 11.2. The number of rotatable bonds is 7. The Morgan fingerprint density at radius 3 is 2.42 bits per heavy atom. The summed E-state index contributed by atoms with van der Waals surface area (Å²) < 4.78 is 10.9. The van der Waals surface area contributed by atoms with Crippen molar-refractivity contribution in [3.63, 3.8) is 0 Å². The van der Waals surface area contributed by atoms with Crippen LogP contribution in [0.1, 0.15) is 39.7 Å². The quantitative estimate of drug-likeness (QED) is 0.780. The predicted molar refractivity (Wildman–Crippen MR) is 92.3 cm³/mol. The highest BCUT2D eigenvalue weighted by molar-refractivity contribution is 5.89. The molecule has 24 heavy (non-hydrogen) atoms. The largest absolute Gasteiger partial charge is 0.444 e. The normalized spacial score (nSPS) is 13.5. The number of ketones is 1. The maximum Gasteiger partial charge on any atom is 0.408 e. The summed E-state index contributed by atoms with van der Waals surface area (Å²) in [6.07, 6.45) is 3.91. The molecule has 1 aromatic carbocycles. The van der Waals surface area contributed by atoms with Crippen LogP contribution in [0.5, 0.6) is 0 Å². The Hall–Kier alpha value is -2.32. The number of hydrogen-bond acceptors (Lipinski definition) is 4. The third-order valence-electron chi connectivity index (χ3n) is 3.12. The molecule has 0 aliphatic heterocycles. The van der Waals surface area contributed by atoms with E-state index in [0.717, 1.165) is 5.56 Å². The molecule has 130 valence electrons. The Bertz CT molecular complexity index is 584. The van der Waals surface area contributed by atoms with Crippen LogP contribution in [-0.4, -0.2) is 29.6 Å². The first-order valence-corrected chi connectivity index (χ1v) is 7.84. The van der Waals surface area contributed by atoms with E-state index in [-0.39, 0.29) is 12.2 Å². The van der Waals surface area contributed by atoms with E-state index in [4.69, 9.17) is 15.9 Å². The maximum absolute atomic E-state index is 12.2. The van der Waals surface area contributed by atoms with Crippen molar-refractivity contribution in [1.29, 1.82) is 0 Å². The number of nitrogens with one attached hydrogen (secondary N) is 1. The molecule has 1 rings (SSSR count). The first-order valence-electron chi connectivity index (χ1n) is 7.84. The van der Waals surface area contributed by atoms with Crippen LogP contribution in [-0.2, 0) is 20.9 Å². The summed E-state index contributed by atoms with van der Waals surface area (Å²) in [5, 5.41) is 2.56. The number of terminal acetylenes is 1. The molecule has 1 aromatic rings. The van der Waals surface area contributed by atoms with Gasteiger partial charge in [0.2, 0.25) is 0 Å². The van der Waals surface area contributed by atoms with Gasteiger partial charge in [-0.2, -0.15) is 0 Å². The van der Waals surface area contributed by atoms with Crippen LogP contribution in [0, 0.1) is 12.3 Å². The zero-order valence-corrected chi connectivity index (χ0v) is 14.7. The van der Waals surface area contributed by atoms with Gasteiger partial charge in [0.1, 0.15) is 11.6 Å². The van der Waals surface area contributed by atoms with Crippen LogP contribution in [0.3, 0.4) is 0 Å². The fourth-order valence-electron chi connectivity index (χ4n) is 2.00. The van der Waals surface area contributed by atoms with Gasteiger partial charge >= 0.3 is 6.09 Å². The molecule has 0 fully saturated rings. The molecular formula is C19H25NO4. The second kappa shape index (κ2) is 9.09. The fraction of sp³-hybridized carbons (Fsp3) is 0.474. The Kier molecular flexibility index (Phi) is 7.47. The van der Waals surface area contributed by atoms with E-state index in [9.17, 15) is 9.59 Å². The lowest BCUT2D eigenvalue weighted by Gasteiger charge is -2.26. The Morgan fingerprint density at radius 2 is 1.88 bits per heavy atom. The minimum atomic E-state index is -0.861. The van der Waals surface area contributed by atoms with Crippen LogP contribution in [0.25, 0.3) is 0 Å². The molecule has 0 bridgehead atoms. The van der Waals surface area contributed by atoms with Crippen LogP contribution >= 0.6 is 0 Å². The van der Waals surface area contributed by atoms with Gasteiger partial charge in [-0.3, -0.25) is 4.79 Å². The van der Waals surface area contributed by atoms with E-state index in [1.807, 2.05) is 30.3 Å². The van der Waals surface area contributed by atoms with E-state index in [1.165, 1.54) is 0 Å². The molecule has 2 atom stereocenters.